The molecule has 0 saturated heterocycles. The van der Waals surface area contributed by atoms with Gasteiger partial charge in [-0.15, -0.1) is 0 Å². The normalized spacial score (nSPS) is 12.5. The summed E-state index contributed by atoms with van der Waals surface area (Å²) in [6.07, 6.45) is 0.605. The van der Waals surface area contributed by atoms with Crippen LogP contribution in [0.1, 0.15) is 10.4 Å². The van der Waals surface area contributed by atoms with E-state index in [-0.39, 0.29) is 10.5 Å². The fraction of sp³-hybridized carbons (Fsp3) is 0.0714. The molecule has 9 heteroatoms. The molecule has 2 rings (SSSR count). The Morgan fingerprint density at radius 2 is 1.22 bits per heavy atom. The summed E-state index contributed by atoms with van der Waals surface area (Å²) in [4.78, 5) is 11.8. The van der Waals surface area contributed by atoms with Crippen molar-refractivity contribution in [3.63, 3.8) is 0 Å². The zero-order valence-corrected chi connectivity index (χ0v) is 14.5. The van der Waals surface area contributed by atoms with Crippen LogP contribution in [0, 0.1) is 0 Å². The molecule has 128 valence electrons. The second-order valence-electron chi connectivity index (χ2n) is 4.15. The van der Waals surface area contributed by atoms with Gasteiger partial charge in [0.1, 0.15) is 0 Å². The minimum absolute atomic E-state index is 0. The van der Waals surface area contributed by atoms with Crippen molar-refractivity contribution in [3.05, 3.63) is 66.2 Å². The fourth-order valence-electron chi connectivity index (χ4n) is 1.46. The number of ketones is 1. The number of carbonyl (C=O) groups is 1. The standard InChI is InChI=1S/C14H13OP.AsF5.FH/c15-14(12-7-3-1-4-8-12)11-16-13-9-5-2-6-10-13;2-1(3,4,5)6;/h1-10,16H,11H2;;1H/p-1. The molecule has 0 heterocycles. The molecule has 0 N–H and O–H groups in total. The van der Waals surface area contributed by atoms with Gasteiger partial charge in [-0.25, -0.2) is 0 Å². The monoisotopic (exact) mass is 417 g/mol. The van der Waals surface area contributed by atoms with Gasteiger partial charge in [0.2, 0.25) is 0 Å². The second-order valence-corrected chi connectivity index (χ2v) is 8.11. The van der Waals surface area contributed by atoms with Gasteiger partial charge in [0.25, 0.3) is 0 Å². The van der Waals surface area contributed by atoms with E-state index in [1.807, 2.05) is 48.5 Å². The van der Waals surface area contributed by atoms with E-state index in [1.165, 1.54) is 5.30 Å². The second kappa shape index (κ2) is 9.09. The fourth-order valence-corrected chi connectivity index (χ4v) is 2.46. The van der Waals surface area contributed by atoms with E-state index in [4.69, 9.17) is 0 Å². The van der Waals surface area contributed by atoms with Crippen molar-refractivity contribution in [2.75, 3.05) is 6.16 Å². The number of hydrogen-bond donors (Lipinski definition) is 0. The minimum atomic E-state index is -8.99. The van der Waals surface area contributed by atoms with Crippen LogP contribution in [0.2, 0.25) is 0 Å². The maximum Gasteiger partial charge on any atom is 0.167 e. The van der Waals surface area contributed by atoms with Crippen molar-refractivity contribution in [1.82, 2.24) is 0 Å². The number of carbonyl (C=O) groups excluding carboxylic acids is 1. The molecule has 0 bridgehead atoms. The third kappa shape index (κ3) is 12.9. The molecule has 2 aromatic carbocycles. The molecule has 1 nitrogen and oxygen atoms in total. The molecule has 0 aromatic heterocycles. The van der Waals surface area contributed by atoms with Gasteiger partial charge < -0.3 is 4.70 Å². The SMILES string of the molecule is F[As](F)(F)(F)F.O=C(CPc1ccccc1)c1ccccc1.[F-]. The summed E-state index contributed by atoms with van der Waals surface area (Å²) in [5, 5.41) is 1.24. The van der Waals surface area contributed by atoms with Gasteiger partial charge >= 0.3 is 32.1 Å². The molecule has 0 aliphatic heterocycles. The first-order valence-corrected chi connectivity index (χ1v) is 10.8. The van der Waals surface area contributed by atoms with Gasteiger partial charge in [-0.3, -0.25) is 4.79 Å². The van der Waals surface area contributed by atoms with Gasteiger partial charge in [-0.1, -0.05) is 69.2 Å². The summed E-state index contributed by atoms with van der Waals surface area (Å²) in [5.74, 6) is 0.225. The maximum atomic E-state index is 11.8. The van der Waals surface area contributed by atoms with Crippen LogP contribution in [0.25, 0.3) is 0 Å². The molecule has 1 unspecified atom stereocenters. The number of benzene rings is 2. The van der Waals surface area contributed by atoms with Crippen molar-refractivity contribution < 1.29 is 26.8 Å². The zero-order chi connectivity index (χ0) is 16.7. The summed E-state index contributed by atoms with van der Waals surface area (Å²) in [5.41, 5.74) is 0.811. The Morgan fingerprint density at radius 1 is 0.826 bits per heavy atom. The van der Waals surface area contributed by atoms with Crippen molar-refractivity contribution >= 4 is 34.5 Å². The van der Waals surface area contributed by atoms with Crippen LogP contribution in [-0.2, 0) is 0 Å². The van der Waals surface area contributed by atoms with E-state index in [1.54, 1.807) is 0 Å². The van der Waals surface area contributed by atoms with E-state index in [2.05, 4.69) is 12.1 Å². The minimum Gasteiger partial charge on any atom is -1.00 e. The van der Waals surface area contributed by atoms with E-state index < -0.39 is 14.8 Å². The van der Waals surface area contributed by atoms with Crippen molar-refractivity contribution in [1.29, 1.82) is 0 Å². The van der Waals surface area contributed by atoms with Crippen molar-refractivity contribution in [2.24, 2.45) is 0 Å². The average molecular weight is 417 g/mol. The smallest absolute Gasteiger partial charge is 0.167 e. The predicted octanol–water partition coefficient (Wildman–Crippen LogP) is 1.60. The molecular formula is C14H13AsF6OP-. The van der Waals surface area contributed by atoms with Crippen LogP contribution in [0.15, 0.2) is 60.7 Å². The van der Waals surface area contributed by atoms with Crippen LogP contribution in [0.5, 0.6) is 0 Å². The Hall–Kier alpha value is -1.32. The predicted molar refractivity (Wildman–Crippen MR) is 81.3 cm³/mol. The van der Waals surface area contributed by atoms with Crippen LogP contribution in [0.4, 0.5) is 17.3 Å². The van der Waals surface area contributed by atoms with Gasteiger partial charge in [0, 0.05) is 11.7 Å². The summed E-state index contributed by atoms with van der Waals surface area (Å²) >= 11 is -8.99. The van der Waals surface area contributed by atoms with E-state index in [0.717, 1.165) is 5.56 Å². The number of Topliss-reactive ketones (excluding diaryl/α,β-unsaturated/α-hetero) is 1. The third-order valence-electron chi connectivity index (χ3n) is 2.32. The summed E-state index contributed by atoms with van der Waals surface area (Å²) in [6.45, 7) is 0. The van der Waals surface area contributed by atoms with Crippen molar-refractivity contribution in [2.45, 2.75) is 0 Å². The molecule has 0 radical (unpaired) electrons. The van der Waals surface area contributed by atoms with Crippen LogP contribution >= 0.6 is 8.58 Å². The largest absolute Gasteiger partial charge is 1.00 e. The molecule has 1 atom stereocenters. The van der Waals surface area contributed by atoms with Crippen LogP contribution in [0.3, 0.4) is 0 Å². The molecule has 23 heavy (non-hydrogen) atoms. The molecule has 2 aromatic rings. The maximum absolute atomic E-state index is 11.8. The zero-order valence-electron chi connectivity index (χ0n) is 11.6. The summed E-state index contributed by atoms with van der Waals surface area (Å²) < 4.78 is 49.4. The average Bonchev–Trinajstić information content (AvgIpc) is 2.44. The van der Waals surface area contributed by atoms with Crippen LogP contribution < -0.4 is 10.0 Å². The number of hydrogen-bond acceptors (Lipinski definition) is 1. The summed E-state index contributed by atoms with van der Waals surface area (Å²) in [7, 11) is 0.561. The molecule has 0 fully saturated rings. The first-order chi connectivity index (χ1) is 10.1. The number of halogens is 6. The van der Waals surface area contributed by atoms with Gasteiger partial charge in [0.05, 0.1) is 0 Å². The molecule has 0 aliphatic rings. The van der Waals surface area contributed by atoms with E-state index in [9.17, 15) is 22.1 Å². The molecule has 0 amide bonds. The first-order valence-electron chi connectivity index (χ1n) is 6.08. The van der Waals surface area contributed by atoms with E-state index in [0.29, 0.717) is 14.7 Å². The van der Waals surface area contributed by atoms with E-state index >= 15 is 0 Å². The van der Waals surface area contributed by atoms with Gasteiger partial charge in [-0.2, -0.15) is 0 Å². The van der Waals surface area contributed by atoms with Gasteiger partial charge in [-0.05, 0) is 5.30 Å². The number of rotatable bonds is 4. The topological polar surface area (TPSA) is 17.1 Å². The third-order valence-corrected chi connectivity index (χ3v) is 3.56. The Bertz CT molecular complexity index is 584. The summed E-state index contributed by atoms with van der Waals surface area (Å²) in [6, 6.07) is 19.6. The van der Waals surface area contributed by atoms with Gasteiger partial charge in [0.15, 0.2) is 5.78 Å². The van der Waals surface area contributed by atoms with Crippen LogP contribution in [-0.4, -0.2) is 26.7 Å². The van der Waals surface area contributed by atoms with Crippen molar-refractivity contribution in [3.8, 4) is 0 Å². The quantitative estimate of drug-likeness (QED) is 0.320. The molecule has 0 spiro atoms. The molecule has 0 aliphatic carbocycles. The Morgan fingerprint density at radius 3 is 1.65 bits per heavy atom. The Kier molecular flexibility index (Phi) is 8.57. The molecular weight excluding hydrogens is 404 g/mol. The first kappa shape index (κ1) is 21.7. The molecule has 0 saturated carbocycles. The Labute approximate surface area is 134 Å². The Balaban J connectivity index is 0.000000599.